The van der Waals surface area contributed by atoms with Crippen molar-refractivity contribution >= 4 is 0 Å². The van der Waals surface area contributed by atoms with Gasteiger partial charge in [0.25, 0.3) is 0 Å². The van der Waals surface area contributed by atoms with Crippen molar-refractivity contribution in [3.63, 3.8) is 0 Å². The SMILES string of the molecule is CON(C)CCCOC1CCNCC1. The maximum absolute atomic E-state index is 5.76. The zero-order valence-electron chi connectivity index (χ0n) is 9.29. The molecule has 0 aromatic rings. The molecular formula is C10H22N2O2. The maximum atomic E-state index is 5.76. The number of hydrogen-bond acceptors (Lipinski definition) is 4. The molecular weight excluding hydrogens is 180 g/mol. The van der Waals surface area contributed by atoms with E-state index < -0.39 is 0 Å². The number of piperidine rings is 1. The summed E-state index contributed by atoms with van der Waals surface area (Å²) in [5.74, 6) is 0. The highest BCUT2D eigenvalue weighted by Gasteiger charge is 2.12. The summed E-state index contributed by atoms with van der Waals surface area (Å²) in [5.41, 5.74) is 0. The van der Waals surface area contributed by atoms with Crippen LogP contribution in [-0.2, 0) is 9.57 Å². The summed E-state index contributed by atoms with van der Waals surface area (Å²) in [6, 6.07) is 0. The van der Waals surface area contributed by atoms with E-state index in [4.69, 9.17) is 9.57 Å². The van der Waals surface area contributed by atoms with Gasteiger partial charge < -0.3 is 14.9 Å². The Morgan fingerprint density at radius 3 is 2.71 bits per heavy atom. The molecule has 0 spiro atoms. The summed E-state index contributed by atoms with van der Waals surface area (Å²) in [4.78, 5) is 5.01. The average Bonchev–Trinajstić information content (AvgIpc) is 2.25. The topological polar surface area (TPSA) is 33.7 Å². The molecule has 1 saturated heterocycles. The highest BCUT2D eigenvalue weighted by atomic mass is 16.7. The largest absolute Gasteiger partial charge is 0.378 e. The molecule has 0 radical (unpaired) electrons. The Bertz CT molecular complexity index is 138. The van der Waals surface area contributed by atoms with Gasteiger partial charge >= 0.3 is 0 Å². The van der Waals surface area contributed by atoms with E-state index in [1.165, 1.54) is 0 Å². The van der Waals surface area contributed by atoms with Crippen molar-refractivity contribution in [1.82, 2.24) is 10.4 Å². The van der Waals surface area contributed by atoms with Crippen molar-refractivity contribution in [3.05, 3.63) is 0 Å². The predicted octanol–water partition coefficient (Wildman–Crippen LogP) is 0.638. The molecule has 1 fully saturated rings. The fourth-order valence-electron chi connectivity index (χ4n) is 1.59. The Morgan fingerprint density at radius 2 is 2.07 bits per heavy atom. The predicted molar refractivity (Wildman–Crippen MR) is 56.1 cm³/mol. The minimum Gasteiger partial charge on any atom is -0.378 e. The van der Waals surface area contributed by atoms with Gasteiger partial charge in [-0.05, 0) is 32.4 Å². The zero-order chi connectivity index (χ0) is 10.2. The molecule has 0 amide bonds. The quantitative estimate of drug-likeness (QED) is 0.506. The summed E-state index contributed by atoms with van der Waals surface area (Å²) in [6.45, 7) is 3.98. The van der Waals surface area contributed by atoms with Crippen molar-refractivity contribution in [2.45, 2.75) is 25.4 Å². The lowest BCUT2D eigenvalue weighted by Crippen LogP contribution is -2.33. The van der Waals surface area contributed by atoms with Crippen LogP contribution in [0.3, 0.4) is 0 Å². The lowest BCUT2D eigenvalue weighted by Gasteiger charge is -2.23. The standard InChI is InChI=1S/C10H22N2O2/c1-12(13-2)8-3-9-14-10-4-6-11-7-5-10/h10-11H,3-9H2,1-2H3. The Balaban J connectivity index is 1.92. The Hall–Kier alpha value is -0.160. The summed E-state index contributed by atoms with van der Waals surface area (Å²) in [6.07, 6.45) is 3.82. The van der Waals surface area contributed by atoms with Crippen LogP contribution in [-0.4, -0.2) is 51.6 Å². The van der Waals surface area contributed by atoms with Gasteiger partial charge in [-0.2, -0.15) is 5.06 Å². The molecule has 1 aliphatic rings. The van der Waals surface area contributed by atoms with Crippen LogP contribution in [0.15, 0.2) is 0 Å². The molecule has 1 heterocycles. The van der Waals surface area contributed by atoms with Crippen molar-refractivity contribution in [1.29, 1.82) is 0 Å². The van der Waals surface area contributed by atoms with E-state index in [2.05, 4.69) is 5.32 Å². The average molecular weight is 202 g/mol. The lowest BCUT2D eigenvalue weighted by atomic mass is 10.1. The normalized spacial score (nSPS) is 19.1. The molecule has 0 bridgehead atoms. The first-order chi connectivity index (χ1) is 6.83. The van der Waals surface area contributed by atoms with Gasteiger partial charge in [-0.3, -0.25) is 0 Å². The molecule has 1 N–H and O–H groups in total. The van der Waals surface area contributed by atoms with E-state index in [-0.39, 0.29) is 0 Å². The second-order valence-electron chi connectivity index (χ2n) is 3.71. The molecule has 14 heavy (non-hydrogen) atoms. The first-order valence-electron chi connectivity index (χ1n) is 5.40. The van der Waals surface area contributed by atoms with Crippen LogP contribution in [0.2, 0.25) is 0 Å². The third-order valence-electron chi connectivity index (χ3n) is 2.57. The van der Waals surface area contributed by atoms with Crippen LogP contribution < -0.4 is 5.32 Å². The third-order valence-corrected chi connectivity index (χ3v) is 2.57. The fraction of sp³-hybridized carbons (Fsp3) is 1.00. The van der Waals surface area contributed by atoms with Gasteiger partial charge in [0, 0.05) is 20.2 Å². The van der Waals surface area contributed by atoms with Gasteiger partial charge in [0.15, 0.2) is 0 Å². The number of rotatable bonds is 6. The second-order valence-corrected chi connectivity index (χ2v) is 3.71. The van der Waals surface area contributed by atoms with E-state index in [0.29, 0.717) is 6.10 Å². The molecule has 0 aromatic carbocycles. The molecule has 0 saturated carbocycles. The van der Waals surface area contributed by atoms with Gasteiger partial charge in [0.05, 0.1) is 13.2 Å². The Morgan fingerprint density at radius 1 is 1.36 bits per heavy atom. The third kappa shape index (κ3) is 4.91. The minimum absolute atomic E-state index is 0.476. The van der Waals surface area contributed by atoms with Crippen molar-refractivity contribution < 1.29 is 9.57 Å². The van der Waals surface area contributed by atoms with E-state index in [9.17, 15) is 0 Å². The Labute approximate surface area is 86.5 Å². The molecule has 0 aliphatic carbocycles. The summed E-state index contributed by atoms with van der Waals surface area (Å²) >= 11 is 0. The van der Waals surface area contributed by atoms with Crippen molar-refractivity contribution in [3.8, 4) is 0 Å². The van der Waals surface area contributed by atoms with Gasteiger partial charge in [0.1, 0.15) is 0 Å². The van der Waals surface area contributed by atoms with E-state index in [1.807, 2.05) is 12.1 Å². The van der Waals surface area contributed by atoms with Gasteiger partial charge in [-0.15, -0.1) is 0 Å². The summed E-state index contributed by atoms with van der Waals surface area (Å²) in [7, 11) is 3.62. The molecule has 0 unspecified atom stereocenters. The number of nitrogens with zero attached hydrogens (tertiary/aromatic N) is 1. The zero-order valence-corrected chi connectivity index (χ0v) is 9.29. The van der Waals surface area contributed by atoms with Crippen molar-refractivity contribution in [2.24, 2.45) is 0 Å². The van der Waals surface area contributed by atoms with Gasteiger partial charge in [0.2, 0.25) is 0 Å². The van der Waals surface area contributed by atoms with E-state index in [0.717, 1.165) is 45.5 Å². The number of nitrogens with one attached hydrogen (secondary N) is 1. The first-order valence-corrected chi connectivity index (χ1v) is 5.40. The number of hydrogen-bond donors (Lipinski definition) is 1. The highest BCUT2D eigenvalue weighted by Crippen LogP contribution is 2.07. The van der Waals surface area contributed by atoms with Crippen LogP contribution in [0.25, 0.3) is 0 Å². The molecule has 0 aromatic heterocycles. The molecule has 1 rings (SSSR count). The summed E-state index contributed by atoms with van der Waals surface area (Å²) in [5, 5.41) is 5.15. The first kappa shape index (κ1) is 11.9. The second kappa shape index (κ2) is 7.17. The van der Waals surface area contributed by atoms with Gasteiger partial charge in [-0.1, -0.05) is 0 Å². The van der Waals surface area contributed by atoms with Crippen molar-refractivity contribution in [2.75, 3.05) is 40.4 Å². The van der Waals surface area contributed by atoms with Crippen LogP contribution >= 0.6 is 0 Å². The van der Waals surface area contributed by atoms with Crippen LogP contribution in [0.5, 0.6) is 0 Å². The fourth-order valence-corrected chi connectivity index (χ4v) is 1.59. The smallest absolute Gasteiger partial charge is 0.0599 e. The van der Waals surface area contributed by atoms with E-state index >= 15 is 0 Å². The molecule has 84 valence electrons. The molecule has 0 atom stereocenters. The number of hydroxylamine groups is 2. The van der Waals surface area contributed by atoms with Crippen LogP contribution in [0.4, 0.5) is 0 Å². The monoisotopic (exact) mass is 202 g/mol. The highest BCUT2D eigenvalue weighted by molar-refractivity contribution is 4.67. The van der Waals surface area contributed by atoms with E-state index in [1.54, 1.807) is 7.11 Å². The summed E-state index contributed by atoms with van der Waals surface area (Å²) < 4.78 is 5.76. The maximum Gasteiger partial charge on any atom is 0.0599 e. The van der Waals surface area contributed by atoms with Gasteiger partial charge in [-0.25, -0.2) is 0 Å². The van der Waals surface area contributed by atoms with Crippen LogP contribution in [0, 0.1) is 0 Å². The lowest BCUT2D eigenvalue weighted by molar-refractivity contribution is -0.113. The van der Waals surface area contributed by atoms with Crippen LogP contribution in [0.1, 0.15) is 19.3 Å². The Kier molecular flexibility index (Phi) is 6.10. The number of ether oxygens (including phenoxy) is 1. The molecule has 1 aliphatic heterocycles. The molecule has 4 heteroatoms. The molecule has 4 nitrogen and oxygen atoms in total. The minimum atomic E-state index is 0.476.